The monoisotopic (exact) mass is 488 g/mol. The van der Waals surface area contributed by atoms with Gasteiger partial charge in [0, 0.05) is 28.4 Å². The zero-order chi connectivity index (χ0) is 25.6. The van der Waals surface area contributed by atoms with E-state index < -0.39 is 0 Å². The Bertz CT molecular complexity index is 1610. The molecule has 38 heavy (non-hydrogen) atoms. The van der Waals surface area contributed by atoms with Gasteiger partial charge in [0.1, 0.15) is 0 Å². The molecule has 0 heterocycles. The molecule has 1 N–H and O–H groups in total. The molecule has 6 aromatic rings. The molecule has 0 bridgehead atoms. The number of anilines is 5. The molecule has 0 atom stereocenters. The highest BCUT2D eigenvalue weighted by Crippen LogP contribution is 2.37. The van der Waals surface area contributed by atoms with Crippen LogP contribution in [0.2, 0.25) is 0 Å². The molecule has 0 aliphatic carbocycles. The van der Waals surface area contributed by atoms with Crippen molar-refractivity contribution in [3.05, 3.63) is 164 Å². The number of rotatable bonds is 7. The lowest BCUT2D eigenvalue weighted by Crippen LogP contribution is -2.09. The van der Waals surface area contributed by atoms with Crippen molar-refractivity contribution >= 4 is 28.4 Å². The summed E-state index contributed by atoms with van der Waals surface area (Å²) in [4.78, 5) is 2.31. The van der Waals surface area contributed by atoms with Crippen LogP contribution in [0, 0.1) is 0 Å². The number of para-hydroxylation sites is 2. The second kappa shape index (κ2) is 10.9. The normalized spacial score (nSPS) is 10.6. The maximum atomic E-state index is 3.51. The lowest BCUT2D eigenvalue weighted by molar-refractivity contribution is 1.28. The predicted octanol–water partition coefficient (Wildman–Crippen LogP) is 10.2. The first-order valence-electron chi connectivity index (χ1n) is 12.9. The zero-order valence-electron chi connectivity index (χ0n) is 21.0. The van der Waals surface area contributed by atoms with Gasteiger partial charge in [-0.05, 0) is 82.9 Å². The fraction of sp³-hybridized carbons (Fsp3) is 0. The molecule has 6 aromatic carbocycles. The van der Waals surface area contributed by atoms with Gasteiger partial charge in [-0.3, -0.25) is 0 Å². The molecule has 0 saturated heterocycles. The number of nitrogens with zero attached hydrogens (tertiary/aromatic N) is 1. The number of benzene rings is 6. The molecule has 0 spiro atoms. The van der Waals surface area contributed by atoms with E-state index in [1.54, 1.807) is 0 Å². The third-order valence-electron chi connectivity index (χ3n) is 6.61. The minimum Gasteiger partial charge on any atom is -0.356 e. The molecular weight excluding hydrogens is 460 g/mol. The molecule has 2 heteroatoms. The summed E-state index contributed by atoms with van der Waals surface area (Å²) < 4.78 is 0. The van der Waals surface area contributed by atoms with Crippen molar-refractivity contribution in [1.82, 2.24) is 0 Å². The Labute approximate surface area is 224 Å². The number of hydrogen-bond acceptors (Lipinski definition) is 2. The number of nitrogens with one attached hydrogen (secondary N) is 1. The molecule has 0 aliphatic heterocycles. The van der Waals surface area contributed by atoms with Gasteiger partial charge in [-0.2, -0.15) is 0 Å². The van der Waals surface area contributed by atoms with Gasteiger partial charge in [-0.15, -0.1) is 0 Å². The largest absolute Gasteiger partial charge is 0.356 e. The Kier molecular flexibility index (Phi) is 6.69. The van der Waals surface area contributed by atoms with E-state index >= 15 is 0 Å². The lowest BCUT2D eigenvalue weighted by Gasteiger charge is -2.26. The summed E-state index contributed by atoms with van der Waals surface area (Å²) in [6.07, 6.45) is 0. The van der Waals surface area contributed by atoms with Crippen LogP contribution >= 0.6 is 0 Å². The molecule has 6 rings (SSSR count). The van der Waals surface area contributed by atoms with Crippen molar-refractivity contribution < 1.29 is 0 Å². The van der Waals surface area contributed by atoms with E-state index in [9.17, 15) is 0 Å². The van der Waals surface area contributed by atoms with Gasteiger partial charge >= 0.3 is 0 Å². The van der Waals surface area contributed by atoms with E-state index in [1.807, 2.05) is 18.2 Å². The molecule has 0 unspecified atom stereocenters. The van der Waals surface area contributed by atoms with Crippen LogP contribution in [0.3, 0.4) is 0 Å². The fourth-order valence-corrected chi connectivity index (χ4v) is 4.75. The van der Waals surface area contributed by atoms with E-state index in [0.29, 0.717) is 0 Å². The average molecular weight is 489 g/mol. The molecule has 182 valence electrons. The molecular formula is C36H28N2. The highest BCUT2D eigenvalue weighted by Gasteiger charge is 2.13. The first-order chi connectivity index (χ1) is 18.8. The highest BCUT2D eigenvalue weighted by molar-refractivity contribution is 5.81. The minimum absolute atomic E-state index is 1.07. The standard InChI is InChI=1S/C36H28N2/c1-4-12-28(13-5-1)29-22-24-35(25-23-29)38(34-19-8-3-9-20-34)36-21-11-15-31(27-36)30-14-10-18-33(26-30)37-32-16-6-2-7-17-32/h1-27,37H. The Morgan fingerprint density at radius 1 is 0.316 bits per heavy atom. The van der Waals surface area contributed by atoms with Crippen LogP contribution in [-0.4, -0.2) is 0 Å². The highest BCUT2D eigenvalue weighted by atomic mass is 15.1. The summed E-state index contributed by atoms with van der Waals surface area (Å²) in [5, 5.41) is 3.51. The van der Waals surface area contributed by atoms with Crippen molar-refractivity contribution in [1.29, 1.82) is 0 Å². The van der Waals surface area contributed by atoms with E-state index in [0.717, 1.165) is 28.4 Å². The van der Waals surface area contributed by atoms with E-state index in [-0.39, 0.29) is 0 Å². The average Bonchev–Trinajstić information content (AvgIpc) is 3.00. The summed E-state index contributed by atoms with van der Waals surface area (Å²) in [6, 6.07) is 57.4. The van der Waals surface area contributed by atoms with Crippen LogP contribution < -0.4 is 10.2 Å². The van der Waals surface area contributed by atoms with Crippen LogP contribution in [0.1, 0.15) is 0 Å². The summed E-state index contributed by atoms with van der Waals surface area (Å²) in [6.45, 7) is 0. The van der Waals surface area contributed by atoms with Gasteiger partial charge in [-0.25, -0.2) is 0 Å². The Morgan fingerprint density at radius 3 is 1.50 bits per heavy atom. The first kappa shape index (κ1) is 23.3. The minimum atomic E-state index is 1.07. The van der Waals surface area contributed by atoms with Gasteiger partial charge in [0.2, 0.25) is 0 Å². The molecule has 0 amide bonds. The van der Waals surface area contributed by atoms with Gasteiger partial charge in [-0.1, -0.05) is 103 Å². The Hall–Kier alpha value is -5.08. The third-order valence-corrected chi connectivity index (χ3v) is 6.61. The van der Waals surface area contributed by atoms with Crippen molar-refractivity contribution in [2.45, 2.75) is 0 Å². The van der Waals surface area contributed by atoms with Crippen molar-refractivity contribution in [3.8, 4) is 22.3 Å². The third kappa shape index (κ3) is 5.21. The summed E-state index contributed by atoms with van der Waals surface area (Å²) >= 11 is 0. The second-order valence-electron chi connectivity index (χ2n) is 9.21. The maximum absolute atomic E-state index is 3.51. The van der Waals surface area contributed by atoms with Crippen molar-refractivity contribution in [3.63, 3.8) is 0 Å². The molecule has 0 saturated carbocycles. The van der Waals surface area contributed by atoms with Gasteiger partial charge in [0.15, 0.2) is 0 Å². The Balaban J connectivity index is 1.36. The van der Waals surface area contributed by atoms with Gasteiger partial charge < -0.3 is 10.2 Å². The molecule has 0 fully saturated rings. The summed E-state index contributed by atoms with van der Waals surface area (Å²) in [5.41, 5.74) is 10.3. The SMILES string of the molecule is c1ccc(Nc2cccc(-c3cccc(N(c4ccccc4)c4ccc(-c5ccccc5)cc4)c3)c2)cc1. The topological polar surface area (TPSA) is 15.3 Å². The van der Waals surface area contributed by atoms with Crippen LogP contribution in [-0.2, 0) is 0 Å². The predicted molar refractivity (Wildman–Crippen MR) is 162 cm³/mol. The van der Waals surface area contributed by atoms with Crippen molar-refractivity contribution in [2.24, 2.45) is 0 Å². The molecule has 2 nitrogen and oxygen atoms in total. The Morgan fingerprint density at radius 2 is 0.789 bits per heavy atom. The van der Waals surface area contributed by atoms with Crippen LogP contribution in [0.5, 0.6) is 0 Å². The van der Waals surface area contributed by atoms with Gasteiger partial charge in [0.05, 0.1) is 0 Å². The van der Waals surface area contributed by atoms with E-state index in [1.165, 1.54) is 22.3 Å². The van der Waals surface area contributed by atoms with E-state index in [2.05, 4.69) is 156 Å². The first-order valence-corrected chi connectivity index (χ1v) is 12.9. The molecule has 0 aromatic heterocycles. The summed E-state index contributed by atoms with van der Waals surface area (Å²) in [7, 11) is 0. The number of hydrogen-bond donors (Lipinski definition) is 1. The smallest absolute Gasteiger partial charge is 0.0467 e. The summed E-state index contributed by atoms with van der Waals surface area (Å²) in [5.74, 6) is 0. The quantitative estimate of drug-likeness (QED) is 0.240. The zero-order valence-corrected chi connectivity index (χ0v) is 21.0. The fourth-order valence-electron chi connectivity index (χ4n) is 4.75. The van der Waals surface area contributed by atoms with Crippen LogP contribution in [0.25, 0.3) is 22.3 Å². The van der Waals surface area contributed by atoms with Crippen LogP contribution in [0.4, 0.5) is 28.4 Å². The second-order valence-corrected chi connectivity index (χ2v) is 9.21. The molecule has 0 aliphatic rings. The van der Waals surface area contributed by atoms with Gasteiger partial charge in [0.25, 0.3) is 0 Å². The van der Waals surface area contributed by atoms with Crippen LogP contribution in [0.15, 0.2) is 164 Å². The maximum Gasteiger partial charge on any atom is 0.0467 e. The van der Waals surface area contributed by atoms with Crippen molar-refractivity contribution in [2.75, 3.05) is 10.2 Å². The molecule has 0 radical (unpaired) electrons. The van der Waals surface area contributed by atoms with E-state index in [4.69, 9.17) is 0 Å². The lowest BCUT2D eigenvalue weighted by atomic mass is 10.0.